The minimum Gasteiger partial charge on any atom is -0.397 e. The molecule has 0 aliphatic heterocycles. The van der Waals surface area contributed by atoms with Crippen LogP contribution >= 0.6 is 11.6 Å². The SMILES string of the molecule is Nc1ccccc1N(N=O)c1ccc(Cl)cc1. The van der Waals surface area contributed by atoms with Crippen molar-refractivity contribution in [3.8, 4) is 0 Å². The van der Waals surface area contributed by atoms with E-state index >= 15 is 0 Å². The van der Waals surface area contributed by atoms with Crippen molar-refractivity contribution in [2.24, 2.45) is 5.29 Å². The Kier molecular flexibility index (Phi) is 3.25. The highest BCUT2D eigenvalue weighted by atomic mass is 35.5. The molecule has 0 aliphatic rings. The molecule has 17 heavy (non-hydrogen) atoms. The van der Waals surface area contributed by atoms with Crippen molar-refractivity contribution in [3.05, 3.63) is 58.5 Å². The summed E-state index contributed by atoms with van der Waals surface area (Å²) in [5.74, 6) is 0. The van der Waals surface area contributed by atoms with E-state index in [2.05, 4.69) is 5.29 Å². The van der Waals surface area contributed by atoms with Crippen LogP contribution in [-0.4, -0.2) is 0 Å². The van der Waals surface area contributed by atoms with Crippen LogP contribution in [0, 0.1) is 4.91 Å². The summed E-state index contributed by atoms with van der Waals surface area (Å²) in [4.78, 5) is 10.9. The highest BCUT2D eigenvalue weighted by Crippen LogP contribution is 2.30. The van der Waals surface area contributed by atoms with E-state index in [0.717, 1.165) is 0 Å². The fraction of sp³-hybridized carbons (Fsp3) is 0. The third-order valence-corrected chi connectivity index (χ3v) is 2.57. The summed E-state index contributed by atoms with van der Waals surface area (Å²) in [7, 11) is 0. The Morgan fingerprint density at radius 1 is 1.06 bits per heavy atom. The van der Waals surface area contributed by atoms with Crippen LogP contribution in [0.3, 0.4) is 0 Å². The highest BCUT2D eigenvalue weighted by molar-refractivity contribution is 6.30. The molecule has 0 radical (unpaired) electrons. The van der Waals surface area contributed by atoms with Gasteiger partial charge in [-0.25, -0.2) is 0 Å². The van der Waals surface area contributed by atoms with E-state index < -0.39 is 0 Å². The third kappa shape index (κ3) is 2.37. The molecule has 0 spiro atoms. The monoisotopic (exact) mass is 247 g/mol. The van der Waals surface area contributed by atoms with Gasteiger partial charge in [-0.05, 0) is 36.4 Å². The average molecular weight is 248 g/mol. The van der Waals surface area contributed by atoms with E-state index in [1.165, 1.54) is 5.01 Å². The summed E-state index contributed by atoms with van der Waals surface area (Å²) < 4.78 is 0. The Bertz CT molecular complexity index is 528. The third-order valence-electron chi connectivity index (χ3n) is 2.32. The predicted octanol–water partition coefficient (Wildman–Crippen LogP) is 3.74. The van der Waals surface area contributed by atoms with Crippen molar-refractivity contribution in [3.63, 3.8) is 0 Å². The Morgan fingerprint density at radius 2 is 1.71 bits per heavy atom. The topological polar surface area (TPSA) is 58.7 Å². The molecular formula is C12H10ClN3O. The number of para-hydroxylation sites is 2. The van der Waals surface area contributed by atoms with Gasteiger partial charge in [0.1, 0.15) is 0 Å². The predicted molar refractivity (Wildman–Crippen MR) is 70.2 cm³/mol. The lowest BCUT2D eigenvalue weighted by atomic mass is 10.2. The summed E-state index contributed by atoms with van der Waals surface area (Å²) in [6.07, 6.45) is 0. The molecule has 2 aromatic rings. The lowest BCUT2D eigenvalue weighted by molar-refractivity contribution is 1.07. The van der Waals surface area contributed by atoms with Crippen molar-refractivity contribution in [2.75, 3.05) is 10.7 Å². The summed E-state index contributed by atoms with van der Waals surface area (Å²) in [6, 6.07) is 13.8. The van der Waals surface area contributed by atoms with Gasteiger partial charge in [0.2, 0.25) is 0 Å². The van der Waals surface area contributed by atoms with Gasteiger partial charge < -0.3 is 5.73 Å². The number of anilines is 3. The molecule has 0 saturated carbocycles. The summed E-state index contributed by atoms with van der Waals surface area (Å²) in [5.41, 5.74) is 7.45. The maximum absolute atomic E-state index is 10.9. The quantitative estimate of drug-likeness (QED) is 0.511. The van der Waals surface area contributed by atoms with Crippen LogP contribution < -0.4 is 10.7 Å². The van der Waals surface area contributed by atoms with Crippen LogP contribution in [0.25, 0.3) is 0 Å². The number of nitrogens with two attached hydrogens (primary N) is 1. The molecule has 0 bridgehead atoms. The lowest BCUT2D eigenvalue weighted by Gasteiger charge is -2.16. The molecule has 86 valence electrons. The Balaban J connectivity index is 2.44. The first-order valence-electron chi connectivity index (χ1n) is 4.96. The number of nitrogen functional groups attached to an aromatic ring is 1. The maximum atomic E-state index is 10.9. The standard InChI is InChI=1S/C12H10ClN3O/c13-9-5-7-10(8-6-9)16(15-17)12-4-2-1-3-11(12)14/h1-8H,14H2. The fourth-order valence-electron chi connectivity index (χ4n) is 1.49. The van der Waals surface area contributed by atoms with E-state index in [-0.39, 0.29) is 0 Å². The Labute approximate surface area is 104 Å². The van der Waals surface area contributed by atoms with Gasteiger partial charge in [-0.15, -0.1) is 4.91 Å². The zero-order chi connectivity index (χ0) is 12.3. The number of hydrogen-bond donors (Lipinski definition) is 1. The number of hydrogen-bond acceptors (Lipinski definition) is 3. The number of nitroso groups, excluding NO2 is 1. The Morgan fingerprint density at radius 3 is 2.29 bits per heavy atom. The molecule has 0 amide bonds. The van der Waals surface area contributed by atoms with Crippen LogP contribution in [0.4, 0.5) is 17.1 Å². The van der Waals surface area contributed by atoms with Crippen LogP contribution in [0.5, 0.6) is 0 Å². The molecule has 2 rings (SSSR count). The van der Waals surface area contributed by atoms with Crippen molar-refractivity contribution in [1.82, 2.24) is 0 Å². The van der Waals surface area contributed by atoms with Crippen LogP contribution in [0.2, 0.25) is 5.02 Å². The second kappa shape index (κ2) is 4.84. The van der Waals surface area contributed by atoms with Crippen molar-refractivity contribution < 1.29 is 0 Å². The number of rotatable bonds is 3. The van der Waals surface area contributed by atoms with Gasteiger partial charge in [-0.1, -0.05) is 23.7 Å². The fourth-order valence-corrected chi connectivity index (χ4v) is 1.62. The smallest absolute Gasteiger partial charge is 0.0914 e. The van der Waals surface area contributed by atoms with Gasteiger partial charge in [0.25, 0.3) is 0 Å². The molecule has 0 atom stereocenters. The molecule has 0 unspecified atom stereocenters. The summed E-state index contributed by atoms with van der Waals surface area (Å²) >= 11 is 5.78. The van der Waals surface area contributed by atoms with Crippen molar-refractivity contribution >= 4 is 28.7 Å². The first-order chi connectivity index (χ1) is 8.22. The van der Waals surface area contributed by atoms with E-state index in [9.17, 15) is 4.91 Å². The average Bonchev–Trinajstić information content (AvgIpc) is 2.35. The normalized spacial score (nSPS) is 9.94. The summed E-state index contributed by atoms with van der Waals surface area (Å²) in [5, 5.41) is 4.80. The molecule has 4 nitrogen and oxygen atoms in total. The summed E-state index contributed by atoms with van der Waals surface area (Å²) in [6.45, 7) is 0. The first kappa shape index (κ1) is 11.4. The van der Waals surface area contributed by atoms with Gasteiger partial charge in [0.05, 0.1) is 22.3 Å². The van der Waals surface area contributed by atoms with Gasteiger partial charge in [-0.2, -0.15) is 5.01 Å². The largest absolute Gasteiger partial charge is 0.397 e. The molecule has 0 aromatic heterocycles. The van der Waals surface area contributed by atoms with Crippen LogP contribution in [0.15, 0.2) is 53.8 Å². The van der Waals surface area contributed by atoms with E-state index in [4.69, 9.17) is 17.3 Å². The maximum Gasteiger partial charge on any atom is 0.0914 e. The molecule has 0 heterocycles. The minimum atomic E-state index is 0.488. The minimum absolute atomic E-state index is 0.488. The highest BCUT2D eigenvalue weighted by Gasteiger charge is 2.11. The van der Waals surface area contributed by atoms with Crippen LogP contribution in [-0.2, 0) is 0 Å². The molecule has 0 aliphatic carbocycles. The van der Waals surface area contributed by atoms with E-state index in [0.29, 0.717) is 22.1 Å². The van der Waals surface area contributed by atoms with Gasteiger partial charge in [0.15, 0.2) is 0 Å². The molecule has 2 aromatic carbocycles. The zero-order valence-corrected chi connectivity index (χ0v) is 9.63. The molecule has 0 fully saturated rings. The van der Waals surface area contributed by atoms with Gasteiger partial charge in [0, 0.05) is 5.02 Å². The molecular weight excluding hydrogens is 238 g/mol. The Hall–Kier alpha value is -2.07. The van der Waals surface area contributed by atoms with Crippen LogP contribution in [0.1, 0.15) is 0 Å². The first-order valence-corrected chi connectivity index (χ1v) is 5.33. The number of nitrogens with zero attached hydrogens (tertiary/aromatic N) is 2. The van der Waals surface area contributed by atoms with E-state index in [1.54, 1.807) is 48.5 Å². The lowest BCUT2D eigenvalue weighted by Crippen LogP contribution is -2.09. The molecule has 5 heteroatoms. The van der Waals surface area contributed by atoms with Gasteiger partial charge in [-0.3, -0.25) is 0 Å². The number of halogens is 1. The van der Waals surface area contributed by atoms with Crippen molar-refractivity contribution in [1.29, 1.82) is 0 Å². The zero-order valence-electron chi connectivity index (χ0n) is 8.88. The number of benzene rings is 2. The van der Waals surface area contributed by atoms with Gasteiger partial charge >= 0.3 is 0 Å². The molecule has 2 N–H and O–H groups in total. The van der Waals surface area contributed by atoms with Crippen molar-refractivity contribution in [2.45, 2.75) is 0 Å². The van der Waals surface area contributed by atoms with E-state index in [1.807, 2.05) is 0 Å². The molecule has 0 saturated heterocycles. The second-order valence-corrected chi connectivity index (χ2v) is 3.87. The second-order valence-electron chi connectivity index (χ2n) is 3.43.